The molecule has 0 aliphatic heterocycles. The van der Waals surface area contributed by atoms with E-state index < -0.39 is 34.7 Å². The van der Waals surface area contributed by atoms with Crippen LogP contribution in [0.3, 0.4) is 0 Å². The number of amides is 1. The van der Waals surface area contributed by atoms with E-state index in [2.05, 4.69) is 5.32 Å². The topological polar surface area (TPSA) is 75.6 Å². The predicted molar refractivity (Wildman–Crippen MR) is 92.9 cm³/mol. The van der Waals surface area contributed by atoms with E-state index in [0.29, 0.717) is 11.8 Å². The first-order valence-electron chi connectivity index (χ1n) is 7.66. The Bertz CT molecular complexity index is 613. The molecule has 1 rings (SSSR count). The first kappa shape index (κ1) is 21.2. The average molecular weight is 375 g/mol. The Kier molecular flexibility index (Phi) is 7.22. The zero-order chi connectivity index (χ0) is 19.3. The molecule has 0 heterocycles. The lowest BCUT2D eigenvalue weighted by molar-refractivity contribution is -0.143. The summed E-state index contributed by atoms with van der Waals surface area (Å²) in [7, 11) is 0. The van der Waals surface area contributed by atoms with E-state index in [-0.39, 0.29) is 18.5 Å². The predicted octanol–water partition coefficient (Wildman–Crippen LogP) is 3.57. The summed E-state index contributed by atoms with van der Waals surface area (Å²) in [5.74, 6) is -2.59. The van der Waals surface area contributed by atoms with Crippen LogP contribution in [0.4, 0.5) is 13.6 Å². The van der Waals surface area contributed by atoms with Crippen molar-refractivity contribution in [1.82, 2.24) is 5.32 Å². The highest BCUT2D eigenvalue weighted by atomic mass is 32.2. The lowest BCUT2D eigenvalue weighted by atomic mass is 9.77. The molecule has 0 aliphatic carbocycles. The molecule has 140 valence electrons. The molecule has 8 heteroatoms. The Labute approximate surface area is 150 Å². The average Bonchev–Trinajstić information content (AvgIpc) is 2.44. The molecule has 0 saturated carbocycles. The van der Waals surface area contributed by atoms with E-state index in [1.54, 1.807) is 27.0 Å². The normalized spacial score (nSPS) is 13.8. The van der Waals surface area contributed by atoms with E-state index in [9.17, 15) is 23.5 Å². The van der Waals surface area contributed by atoms with Crippen LogP contribution in [0.15, 0.2) is 18.2 Å². The molecule has 1 unspecified atom stereocenters. The second kappa shape index (κ2) is 8.51. The fourth-order valence-corrected chi connectivity index (χ4v) is 2.84. The van der Waals surface area contributed by atoms with Gasteiger partial charge in [0.15, 0.2) is 0 Å². The molecule has 0 spiro atoms. The minimum absolute atomic E-state index is 0.0393. The summed E-state index contributed by atoms with van der Waals surface area (Å²) < 4.78 is 32.3. The van der Waals surface area contributed by atoms with Gasteiger partial charge in [-0.2, -0.15) is 11.8 Å². The minimum atomic E-state index is -1.66. The van der Waals surface area contributed by atoms with Gasteiger partial charge < -0.3 is 15.2 Å². The number of nitrogens with one attached hydrogen (secondary N) is 1. The molecule has 5 nitrogen and oxygen atoms in total. The van der Waals surface area contributed by atoms with Crippen LogP contribution in [0.2, 0.25) is 0 Å². The molecule has 1 aromatic carbocycles. The van der Waals surface area contributed by atoms with Gasteiger partial charge in [-0.3, -0.25) is 4.79 Å². The van der Waals surface area contributed by atoms with Crippen molar-refractivity contribution < 1.29 is 28.2 Å². The van der Waals surface area contributed by atoms with Crippen molar-refractivity contribution in [2.45, 2.75) is 38.2 Å². The van der Waals surface area contributed by atoms with Crippen LogP contribution in [-0.4, -0.2) is 41.3 Å². The highest BCUT2D eigenvalue weighted by Crippen LogP contribution is 2.31. The molecular weight excluding hydrogens is 352 g/mol. The number of carboxylic acids is 1. The summed E-state index contributed by atoms with van der Waals surface area (Å²) in [4.78, 5) is 23.9. The maximum atomic E-state index is 13.6. The number of thioether (sulfide) groups is 1. The maximum Gasteiger partial charge on any atom is 0.407 e. The standard InChI is InChI=1S/C17H23F2NO4S/c1-16(2,3)24-15(23)20-10-17(14(21)22,5-6-25-4)11-7-12(18)9-13(19)8-11/h7-9H,5-6,10H2,1-4H3,(H,20,23)(H,21,22). The van der Waals surface area contributed by atoms with Crippen molar-refractivity contribution in [3.8, 4) is 0 Å². The Morgan fingerprint density at radius 2 is 1.76 bits per heavy atom. The van der Waals surface area contributed by atoms with Crippen molar-refractivity contribution in [2.24, 2.45) is 0 Å². The first-order valence-corrected chi connectivity index (χ1v) is 9.05. The number of halogens is 2. The maximum absolute atomic E-state index is 13.6. The SMILES string of the molecule is CSCCC(CNC(=O)OC(C)(C)C)(C(=O)O)c1cc(F)cc(F)c1. The summed E-state index contributed by atoms with van der Waals surface area (Å²) in [5, 5.41) is 12.2. The number of carbonyl (C=O) groups excluding carboxylic acids is 1. The van der Waals surface area contributed by atoms with Crippen LogP contribution in [-0.2, 0) is 14.9 Å². The highest BCUT2D eigenvalue weighted by molar-refractivity contribution is 7.98. The number of rotatable bonds is 7. The van der Waals surface area contributed by atoms with Gasteiger partial charge in [0.1, 0.15) is 22.7 Å². The van der Waals surface area contributed by atoms with E-state index in [0.717, 1.165) is 12.1 Å². The quantitative estimate of drug-likeness (QED) is 0.762. The third kappa shape index (κ3) is 6.19. The Balaban J connectivity index is 3.18. The molecule has 0 radical (unpaired) electrons. The van der Waals surface area contributed by atoms with Gasteiger partial charge >= 0.3 is 12.1 Å². The molecule has 0 aromatic heterocycles. The van der Waals surface area contributed by atoms with Crippen LogP contribution in [0.5, 0.6) is 0 Å². The Morgan fingerprint density at radius 3 is 2.20 bits per heavy atom. The second-order valence-corrected chi connectivity index (χ2v) is 7.63. The Morgan fingerprint density at radius 1 is 1.20 bits per heavy atom. The van der Waals surface area contributed by atoms with E-state index in [4.69, 9.17) is 4.74 Å². The van der Waals surface area contributed by atoms with Gasteiger partial charge in [-0.25, -0.2) is 13.6 Å². The summed E-state index contributed by atoms with van der Waals surface area (Å²) >= 11 is 1.40. The van der Waals surface area contributed by atoms with Gasteiger partial charge in [0.25, 0.3) is 0 Å². The fourth-order valence-electron chi connectivity index (χ4n) is 2.28. The number of ether oxygens (including phenoxy) is 1. The van der Waals surface area contributed by atoms with Gasteiger partial charge in [0, 0.05) is 12.6 Å². The van der Waals surface area contributed by atoms with Crippen molar-refractivity contribution in [3.63, 3.8) is 0 Å². The molecule has 1 amide bonds. The van der Waals surface area contributed by atoms with E-state index in [1.165, 1.54) is 11.8 Å². The van der Waals surface area contributed by atoms with Crippen molar-refractivity contribution in [2.75, 3.05) is 18.6 Å². The van der Waals surface area contributed by atoms with E-state index in [1.807, 2.05) is 0 Å². The van der Waals surface area contributed by atoms with Gasteiger partial charge in [0.2, 0.25) is 0 Å². The summed E-state index contributed by atoms with van der Waals surface area (Å²) in [6.45, 7) is 4.67. The summed E-state index contributed by atoms with van der Waals surface area (Å²) in [6, 6.07) is 2.63. The smallest absolute Gasteiger partial charge is 0.407 e. The van der Waals surface area contributed by atoms with Crippen molar-refractivity contribution in [1.29, 1.82) is 0 Å². The molecule has 25 heavy (non-hydrogen) atoms. The number of benzene rings is 1. The molecule has 0 fully saturated rings. The lowest BCUT2D eigenvalue weighted by Gasteiger charge is -2.31. The molecule has 1 atom stereocenters. The molecular formula is C17H23F2NO4S. The molecule has 0 aliphatic rings. The number of alkyl carbamates (subject to hydrolysis) is 1. The summed E-state index contributed by atoms with van der Waals surface area (Å²) in [5.41, 5.74) is -2.45. The van der Waals surface area contributed by atoms with Crippen LogP contribution >= 0.6 is 11.8 Å². The second-order valence-electron chi connectivity index (χ2n) is 6.64. The number of hydrogen-bond acceptors (Lipinski definition) is 4. The minimum Gasteiger partial charge on any atom is -0.481 e. The number of aliphatic carboxylic acids is 1. The molecule has 2 N–H and O–H groups in total. The van der Waals surface area contributed by atoms with Crippen molar-refractivity contribution in [3.05, 3.63) is 35.4 Å². The summed E-state index contributed by atoms with van der Waals surface area (Å²) in [6.07, 6.45) is 1.08. The van der Waals surface area contributed by atoms with Crippen LogP contribution in [0.1, 0.15) is 32.8 Å². The van der Waals surface area contributed by atoms with Crippen LogP contribution < -0.4 is 5.32 Å². The number of carboxylic acid groups (broad SMARTS) is 1. The van der Waals surface area contributed by atoms with Crippen LogP contribution in [0.25, 0.3) is 0 Å². The zero-order valence-electron chi connectivity index (χ0n) is 14.7. The largest absolute Gasteiger partial charge is 0.481 e. The van der Waals surface area contributed by atoms with Crippen LogP contribution in [0, 0.1) is 11.6 Å². The fraction of sp³-hybridized carbons (Fsp3) is 0.529. The third-order valence-electron chi connectivity index (χ3n) is 3.49. The highest BCUT2D eigenvalue weighted by Gasteiger charge is 2.41. The van der Waals surface area contributed by atoms with Gasteiger partial charge in [-0.05, 0) is 56.9 Å². The third-order valence-corrected chi connectivity index (χ3v) is 4.10. The number of hydrogen-bond donors (Lipinski definition) is 2. The monoisotopic (exact) mass is 375 g/mol. The number of carbonyl (C=O) groups is 2. The molecule has 1 aromatic rings. The molecule has 0 saturated heterocycles. The van der Waals surface area contributed by atoms with Crippen molar-refractivity contribution >= 4 is 23.8 Å². The van der Waals surface area contributed by atoms with Gasteiger partial charge in [-0.1, -0.05) is 0 Å². The lowest BCUT2D eigenvalue weighted by Crippen LogP contribution is -2.48. The Hall–Kier alpha value is -1.83. The first-order chi connectivity index (χ1) is 11.5. The van der Waals surface area contributed by atoms with Gasteiger partial charge in [-0.15, -0.1) is 0 Å². The van der Waals surface area contributed by atoms with Gasteiger partial charge in [0.05, 0.1) is 0 Å². The van der Waals surface area contributed by atoms with E-state index >= 15 is 0 Å². The molecule has 0 bridgehead atoms. The zero-order valence-corrected chi connectivity index (χ0v) is 15.5.